The van der Waals surface area contributed by atoms with Crippen molar-refractivity contribution in [1.82, 2.24) is 0 Å². The van der Waals surface area contributed by atoms with Crippen LogP contribution >= 0.6 is 15.9 Å². The van der Waals surface area contributed by atoms with Gasteiger partial charge in [-0.1, -0.05) is 344 Å². The third-order valence-corrected chi connectivity index (χ3v) is 23.8. The molecule has 0 aliphatic rings. The van der Waals surface area contributed by atoms with E-state index in [1.54, 1.807) is 0 Å². The topological polar surface area (TPSA) is 137 Å². The normalized spacial score (nSPS) is 11.0. The van der Waals surface area contributed by atoms with Gasteiger partial charge in [0.05, 0.1) is 0 Å². The fraction of sp³-hybridized carbons (Fsp3) is 0.238. The number of halogens is 1. The second-order valence-electron chi connectivity index (χ2n) is 35.7. The highest BCUT2D eigenvalue weighted by Gasteiger charge is 2.27. The molecule has 0 spiro atoms. The Bertz CT molecular complexity index is 5740. The van der Waals surface area contributed by atoms with Crippen LogP contribution in [0.1, 0.15) is 170 Å². The Balaban J connectivity index is 0.000000219. The molecule has 0 aliphatic carbocycles. The Hall–Kier alpha value is -14.2. The molecular formula is C122H129BrN4O9. The highest BCUT2D eigenvalue weighted by Crippen LogP contribution is 2.41. The summed E-state index contributed by atoms with van der Waals surface area (Å²) in [4.78, 5) is 41.3. The first-order chi connectivity index (χ1) is 66.0. The van der Waals surface area contributed by atoms with Crippen molar-refractivity contribution in [2.45, 2.75) is 190 Å². The first kappa shape index (κ1) is 101. The van der Waals surface area contributed by atoms with Crippen molar-refractivity contribution in [3.8, 4) is 66.8 Å². The van der Waals surface area contributed by atoms with Crippen LogP contribution in [0.2, 0.25) is 0 Å². The maximum Gasteiger partial charge on any atom is 0.509 e. The summed E-state index contributed by atoms with van der Waals surface area (Å²) in [6.07, 6.45) is 10.7. The molecule has 0 saturated heterocycles. The van der Waals surface area contributed by atoms with Gasteiger partial charge in [0.1, 0.15) is 36.6 Å². The summed E-state index contributed by atoms with van der Waals surface area (Å²) in [5, 5.41) is 7.00. The summed E-state index contributed by atoms with van der Waals surface area (Å²) >= 11 is 3.36. The fourth-order valence-electron chi connectivity index (χ4n) is 15.5. The first-order valence-electron chi connectivity index (χ1n) is 47.7. The molecule has 15 aromatic carbocycles. The first-order valence-corrected chi connectivity index (χ1v) is 48.5. The molecule has 698 valence electrons. The van der Waals surface area contributed by atoms with E-state index in [0.717, 1.165) is 169 Å². The Kier molecular flexibility index (Phi) is 38.0. The maximum atomic E-state index is 12.6. The summed E-state index contributed by atoms with van der Waals surface area (Å²) in [6, 6.07) is 134. The Morgan fingerprint density at radius 2 is 0.412 bits per heavy atom. The lowest BCUT2D eigenvalue weighted by atomic mass is 10.0. The van der Waals surface area contributed by atoms with Crippen LogP contribution in [0, 0.1) is 0 Å². The van der Waals surface area contributed by atoms with E-state index in [1.807, 2.05) is 114 Å². The molecule has 0 saturated carbocycles. The number of carbonyl (C=O) groups excluding carboxylic acids is 3. The Morgan fingerprint density at radius 3 is 0.603 bits per heavy atom. The quantitative estimate of drug-likeness (QED) is 0.0285. The van der Waals surface area contributed by atoms with Crippen LogP contribution < -0.4 is 20.4 Å². The molecule has 0 fully saturated rings. The molecule has 0 aliphatic heterocycles. The van der Waals surface area contributed by atoms with Crippen LogP contribution in [0.4, 0.5) is 71.3 Å². The Morgan fingerprint density at radius 1 is 0.235 bits per heavy atom. The van der Waals surface area contributed by atoms with E-state index in [2.05, 4.69) is 386 Å². The van der Waals surface area contributed by atoms with E-state index < -0.39 is 35.3 Å². The molecule has 0 atom stereocenters. The molecule has 0 heterocycles. The van der Waals surface area contributed by atoms with Gasteiger partial charge in [-0.2, -0.15) is 0 Å². The van der Waals surface area contributed by atoms with Crippen molar-refractivity contribution in [2.75, 3.05) is 20.4 Å². The van der Waals surface area contributed by atoms with Crippen molar-refractivity contribution in [3.63, 3.8) is 0 Å². The third-order valence-electron chi connectivity index (χ3n) is 23.3. The maximum absolute atomic E-state index is 12.6. The van der Waals surface area contributed by atoms with Crippen LogP contribution in [0.15, 0.2) is 393 Å². The second-order valence-corrected chi connectivity index (χ2v) is 36.6. The van der Waals surface area contributed by atoms with Crippen molar-refractivity contribution >= 4 is 91.3 Å². The van der Waals surface area contributed by atoms with Crippen LogP contribution in [0.25, 0.3) is 66.8 Å². The van der Waals surface area contributed by atoms with Gasteiger partial charge in [-0.05, 0) is 297 Å². The zero-order valence-electron chi connectivity index (χ0n) is 80.5. The highest BCUT2D eigenvalue weighted by atomic mass is 79.9. The number of hydrogen-bond acceptors (Lipinski definition) is 13. The fourth-order valence-corrected chi connectivity index (χ4v) is 15.8. The zero-order chi connectivity index (χ0) is 95.9. The van der Waals surface area contributed by atoms with E-state index in [4.69, 9.17) is 28.4 Å². The molecule has 0 amide bonds. The van der Waals surface area contributed by atoms with Crippen molar-refractivity contribution in [1.29, 1.82) is 0 Å². The SMILES string of the molecule is CCCCC.CCCCC(C)(C)OC(=O)OCc1ccc(Br)cc1.CCCCC(C)(C)OC(=O)OCc1ccc(N(c2ccc(-c3ccccc3)cc2)c2ccc(-c3ccc(N(c4ccc(COC(=O)OC(C)(C)CCCC)cc4)c4ccc(-c5ccccc5)cc4)cc3)cc2)cc1.c1ccc(-c2ccc(Nc3ccc(-c4ccc(Nc5ccc(-c6ccccc6)cc5)cc4)cc3)cc2)cc1. The van der Waals surface area contributed by atoms with Crippen molar-refractivity contribution in [3.05, 3.63) is 409 Å². The summed E-state index contributed by atoms with van der Waals surface area (Å²) in [7, 11) is 0. The molecule has 15 rings (SSSR count). The lowest BCUT2D eigenvalue weighted by Crippen LogP contribution is -2.28. The lowest BCUT2D eigenvalue weighted by Gasteiger charge is -2.27. The van der Waals surface area contributed by atoms with Crippen LogP contribution in [0.3, 0.4) is 0 Å². The molecule has 15 aromatic rings. The predicted octanol–water partition coefficient (Wildman–Crippen LogP) is 36.3. The molecule has 0 bridgehead atoms. The highest BCUT2D eigenvalue weighted by molar-refractivity contribution is 9.10. The summed E-state index contributed by atoms with van der Waals surface area (Å²) in [6.45, 7) is 22.7. The van der Waals surface area contributed by atoms with Crippen molar-refractivity contribution in [2.24, 2.45) is 0 Å². The van der Waals surface area contributed by atoms with Gasteiger partial charge in [-0.15, -0.1) is 0 Å². The minimum absolute atomic E-state index is 0.111. The van der Waals surface area contributed by atoms with E-state index >= 15 is 0 Å². The van der Waals surface area contributed by atoms with Gasteiger partial charge in [0.25, 0.3) is 0 Å². The monoisotopic (exact) mass is 1870 g/mol. The van der Waals surface area contributed by atoms with Gasteiger partial charge in [0, 0.05) is 61.3 Å². The van der Waals surface area contributed by atoms with E-state index in [1.165, 1.54) is 52.6 Å². The molecular weight excluding hydrogens is 1750 g/mol. The van der Waals surface area contributed by atoms with Gasteiger partial charge in [0.2, 0.25) is 0 Å². The van der Waals surface area contributed by atoms with Crippen LogP contribution in [-0.4, -0.2) is 35.3 Å². The van der Waals surface area contributed by atoms with Crippen LogP contribution in [-0.2, 0) is 48.2 Å². The number of nitrogens with one attached hydrogen (secondary N) is 2. The zero-order valence-corrected chi connectivity index (χ0v) is 82.1. The number of benzene rings is 15. The van der Waals surface area contributed by atoms with Gasteiger partial charge >= 0.3 is 18.5 Å². The van der Waals surface area contributed by atoms with E-state index in [0.29, 0.717) is 0 Å². The molecule has 0 aromatic heterocycles. The number of ether oxygens (including phenoxy) is 6. The van der Waals surface area contributed by atoms with E-state index in [9.17, 15) is 14.4 Å². The predicted molar refractivity (Wildman–Crippen MR) is 568 cm³/mol. The third kappa shape index (κ3) is 31.7. The minimum atomic E-state index is -0.660. The van der Waals surface area contributed by atoms with Gasteiger partial charge in [0.15, 0.2) is 0 Å². The molecule has 0 unspecified atom stereocenters. The number of unbranched alkanes of at least 4 members (excludes halogenated alkanes) is 5. The standard InChI is InChI=1S/C66H68N2O6.C36H28N2.C15H21BrO3.C5H12/c1-7-9-45-65(3,4)73-63(69)71-47-49-21-33-57(34-22-49)67(59-37-25-53(26-38-59)51-17-13-11-14-18-51)61-41-29-55(30-42-61)56-31-43-62(44-32-56)68(60-39-27-54(28-40-60)52-19-15-12-16-20-52)58-35-23-50(24-36-58)48-72-64(70)74-66(5,6)46-10-8-2;1-3-7-27(8-4-1)29-11-19-33(20-12-29)37-35-23-15-31(16-24-35)32-17-25-36(26-18-32)38-34-21-13-30(14-22-34)28-9-5-2-6-10-28;1-4-5-10-15(2,3)19-14(17)18-11-12-6-8-13(16)9-7-12;1-3-5-4-2/h11-44H,7-10,45-48H2,1-6H3;1-26,37-38H;6-9H,4-5,10-11H2,1-3H3;3-5H2,1-2H3. The van der Waals surface area contributed by atoms with Gasteiger partial charge in [-0.25, -0.2) is 14.4 Å². The number of nitrogens with zero attached hydrogens (tertiary/aromatic N) is 2. The molecule has 13 nitrogen and oxygen atoms in total. The molecule has 136 heavy (non-hydrogen) atoms. The second kappa shape index (κ2) is 51.3. The molecule has 14 heteroatoms. The minimum Gasteiger partial charge on any atom is -0.429 e. The van der Waals surface area contributed by atoms with Gasteiger partial charge < -0.3 is 48.9 Å². The lowest BCUT2D eigenvalue weighted by molar-refractivity contribution is -0.0255. The van der Waals surface area contributed by atoms with Gasteiger partial charge in [-0.3, -0.25) is 0 Å². The summed E-state index contributed by atoms with van der Waals surface area (Å²) < 4.78 is 33.8. The van der Waals surface area contributed by atoms with E-state index in [-0.39, 0.29) is 19.8 Å². The summed E-state index contributed by atoms with van der Waals surface area (Å²) in [5.41, 5.74) is 25.2. The smallest absolute Gasteiger partial charge is 0.429 e. The number of anilines is 10. The van der Waals surface area contributed by atoms with Crippen molar-refractivity contribution < 1.29 is 42.8 Å². The number of carbonyl (C=O) groups is 3. The molecule has 2 N–H and O–H groups in total. The average molecular weight is 1880 g/mol. The Labute approximate surface area is 815 Å². The number of rotatable bonds is 36. The molecule has 0 radical (unpaired) electrons. The number of hydrogen-bond donors (Lipinski definition) is 2. The van der Waals surface area contributed by atoms with Crippen LogP contribution in [0.5, 0.6) is 0 Å². The average Bonchev–Trinajstić information content (AvgIpc) is 0.790. The largest absolute Gasteiger partial charge is 0.509 e. The summed E-state index contributed by atoms with van der Waals surface area (Å²) in [5.74, 6) is 0.